The first-order chi connectivity index (χ1) is 17.1. The van der Waals surface area contributed by atoms with E-state index in [1.165, 1.54) is 0 Å². The Hall–Kier alpha value is -3.85. The lowest BCUT2D eigenvalue weighted by atomic mass is 10.2. The Morgan fingerprint density at radius 1 is 1.06 bits per heavy atom. The fourth-order valence-electron chi connectivity index (χ4n) is 3.94. The van der Waals surface area contributed by atoms with Crippen LogP contribution in [0.3, 0.4) is 0 Å². The van der Waals surface area contributed by atoms with E-state index in [-0.39, 0.29) is 30.9 Å². The summed E-state index contributed by atoms with van der Waals surface area (Å²) in [6, 6.07) is 13.3. The number of methoxy groups -OCH3 is 1. The van der Waals surface area contributed by atoms with Crippen LogP contribution in [0.15, 0.2) is 67.3 Å². The van der Waals surface area contributed by atoms with Crippen LogP contribution in [-0.2, 0) is 33.9 Å². The number of aryl methyl sites for hydroxylation is 1. The number of rotatable bonds is 9. The van der Waals surface area contributed by atoms with Crippen LogP contribution in [0.2, 0.25) is 0 Å². The van der Waals surface area contributed by atoms with E-state index in [0.29, 0.717) is 32.7 Å². The van der Waals surface area contributed by atoms with Crippen LogP contribution in [0.25, 0.3) is 0 Å². The molecule has 3 aromatic rings. The van der Waals surface area contributed by atoms with E-state index in [4.69, 9.17) is 9.47 Å². The summed E-state index contributed by atoms with van der Waals surface area (Å²) in [5, 5.41) is 0. The first-order valence-electron chi connectivity index (χ1n) is 11.6. The summed E-state index contributed by atoms with van der Waals surface area (Å²) in [4.78, 5) is 42.1. The van der Waals surface area contributed by atoms with Crippen molar-refractivity contribution in [3.8, 4) is 5.75 Å². The molecule has 1 aliphatic heterocycles. The highest BCUT2D eigenvalue weighted by atomic mass is 16.5. The summed E-state index contributed by atoms with van der Waals surface area (Å²) in [6.07, 6.45) is 6.91. The molecule has 0 bridgehead atoms. The maximum absolute atomic E-state index is 13.1. The molecule has 0 N–H and O–H groups in total. The Morgan fingerprint density at radius 3 is 2.71 bits per heavy atom. The highest BCUT2D eigenvalue weighted by molar-refractivity contribution is 5.85. The van der Waals surface area contributed by atoms with E-state index in [2.05, 4.69) is 15.0 Å². The summed E-state index contributed by atoms with van der Waals surface area (Å²) in [7, 11) is 1.62. The van der Waals surface area contributed by atoms with Gasteiger partial charge in [-0.25, -0.2) is 0 Å². The molecule has 1 saturated heterocycles. The Morgan fingerprint density at radius 2 is 1.94 bits per heavy atom. The molecule has 1 unspecified atom stereocenters. The number of carbonyl (C=O) groups excluding carboxylic acids is 2. The van der Waals surface area contributed by atoms with Gasteiger partial charge in [-0.2, -0.15) is 0 Å². The van der Waals surface area contributed by atoms with Crippen molar-refractivity contribution in [2.75, 3.05) is 26.7 Å². The van der Waals surface area contributed by atoms with Crippen molar-refractivity contribution in [2.24, 2.45) is 0 Å². The molecule has 4 rings (SSSR count). The van der Waals surface area contributed by atoms with Crippen LogP contribution in [-0.4, -0.2) is 69.4 Å². The first kappa shape index (κ1) is 24.3. The lowest BCUT2D eigenvalue weighted by Crippen LogP contribution is -2.39. The standard InChI is InChI=1S/C26H29N5O4/c1-34-23-7-4-5-20(13-23)19-35-24-16-30(15-22-6-2-3-10-28-22)26(33)18-31(17-24)25(32)9-8-21-14-27-11-12-29-21/h2-7,10-14,24H,8-9,15-19H2,1H3. The molecule has 3 heterocycles. The van der Waals surface area contributed by atoms with Crippen molar-refractivity contribution in [1.29, 1.82) is 0 Å². The van der Waals surface area contributed by atoms with Gasteiger partial charge in [0.2, 0.25) is 11.8 Å². The van der Waals surface area contributed by atoms with Crippen LogP contribution >= 0.6 is 0 Å². The van der Waals surface area contributed by atoms with Gasteiger partial charge in [-0.1, -0.05) is 18.2 Å². The number of amides is 2. The van der Waals surface area contributed by atoms with Gasteiger partial charge in [-0.15, -0.1) is 0 Å². The zero-order valence-corrected chi connectivity index (χ0v) is 19.7. The smallest absolute Gasteiger partial charge is 0.242 e. The quantitative estimate of drug-likeness (QED) is 0.468. The van der Waals surface area contributed by atoms with Gasteiger partial charge in [0.05, 0.1) is 44.3 Å². The van der Waals surface area contributed by atoms with Crippen molar-refractivity contribution >= 4 is 11.8 Å². The third kappa shape index (κ3) is 7.07. The third-order valence-corrected chi connectivity index (χ3v) is 5.79. The Bertz CT molecular complexity index is 1110. The van der Waals surface area contributed by atoms with Crippen molar-refractivity contribution in [1.82, 2.24) is 24.8 Å². The third-order valence-electron chi connectivity index (χ3n) is 5.79. The van der Waals surface area contributed by atoms with Crippen molar-refractivity contribution in [3.63, 3.8) is 0 Å². The van der Waals surface area contributed by atoms with E-state index in [1.54, 1.807) is 41.7 Å². The molecular weight excluding hydrogens is 446 g/mol. The summed E-state index contributed by atoms with van der Waals surface area (Å²) in [6.45, 7) is 1.40. The molecule has 0 spiro atoms. The number of hydrogen-bond donors (Lipinski definition) is 0. The van der Waals surface area contributed by atoms with E-state index in [0.717, 1.165) is 22.7 Å². The van der Waals surface area contributed by atoms with E-state index in [9.17, 15) is 9.59 Å². The van der Waals surface area contributed by atoms with E-state index >= 15 is 0 Å². The Kier molecular flexibility index (Phi) is 8.34. The molecule has 182 valence electrons. The minimum atomic E-state index is -0.350. The van der Waals surface area contributed by atoms with Crippen molar-refractivity contribution in [2.45, 2.75) is 32.1 Å². The van der Waals surface area contributed by atoms with Gasteiger partial charge in [-0.3, -0.25) is 24.5 Å². The number of pyridine rings is 1. The SMILES string of the molecule is COc1cccc(COC2CN(C(=O)CCc3cnccn3)CC(=O)N(Cc3ccccn3)C2)c1. The zero-order valence-electron chi connectivity index (χ0n) is 19.7. The van der Waals surface area contributed by atoms with Crippen LogP contribution in [0.1, 0.15) is 23.4 Å². The summed E-state index contributed by atoms with van der Waals surface area (Å²) >= 11 is 0. The number of carbonyl (C=O) groups is 2. The molecule has 2 aromatic heterocycles. The maximum atomic E-state index is 13.1. The monoisotopic (exact) mass is 475 g/mol. The van der Waals surface area contributed by atoms with Gasteiger partial charge in [-0.05, 0) is 36.2 Å². The molecule has 9 nitrogen and oxygen atoms in total. The van der Waals surface area contributed by atoms with E-state index < -0.39 is 0 Å². The number of benzene rings is 1. The fourth-order valence-corrected chi connectivity index (χ4v) is 3.94. The minimum absolute atomic E-state index is 0.00511. The van der Waals surface area contributed by atoms with Crippen LogP contribution < -0.4 is 4.74 Å². The molecule has 35 heavy (non-hydrogen) atoms. The fraction of sp³-hybridized carbons (Fsp3) is 0.346. The number of nitrogens with zero attached hydrogens (tertiary/aromatic N) is 5. The topological polar surface area (TPSA) is 97.8 Å². The second-order valence-corrected chi connectivity index (χ2v) is 8.35. The van der Waals surface area contributed by atoms with Gasteiger partial charge in [0.25, 0.3) is 0 Å². The zero-order chi connectivity index (χ0) is 24.5. The van der Waals surface area contributed by atoms with Crippen molar-refractivity contribution in [3.05, 3.63) is 84.2 Å². The van der Waals surface area contributed by atoms with Gasteiger partial charge < -0.3 is 19.3 Å². The predicted octanol–water partition coefficient (Wildman–Crippen LogP) is 2.27. The summed E-state index contributed by atoms with van der Waals surface area (Å²) in [5.74, 6) is 0.509. The van der Waals surface area contributed by atoms with Gasteiger partial charge in [0.15, 0.2) is 0 Å². The summed E-state index contributed by atoms with van der Waals surface area (Å²) in [5.41, 5.74) is 2.48. The predicted molar refractivity (Wildman–Crippen MR) is 128 cm³/mol. The molecule has 0 saturated carbocycles. The Labute approximate surface area is 204 Å². The van der Waals surface area contributed by atoms with Gasteiger partial charge in [0.1, 0.15) is 5.75 Å². The molecule has 2 amide bonds. The van der Waals surface area contributed by atoms with E-state index in [1.807, 2.05) is 42.5 Å². The lowest BCUT2D eigenvalue weighted by Gasteiger charge is -2.25. The molecular formula is C26H29N5O4. The second-order valence-electron chi connectivity index (χ2n) is 8.35. The second kappa shape index (κ2) is 12.0. The van der Waals surface area contributed by atoms with Crippen LogP contribution in [0, 0.1) is 0 Å². The highest BCUT2D eigenvalue weighted by Crippen LogP contribution is 2.17. The minimum Gasteiger partial charge on any atom is -0.497 e. The largest absolute Gasteiger partial charge is 0.497 e. The number of aromatic nitrogens is 3. The lowest BCUT2D eigenvalue weighted by molar-refractivity contribution is -0.139. The van der Waals surface area contributed by atoms with Crippen LogP contribution in [0.4, 0.5) is 0 Å². The van der Waals surface area contributed by atoms with Crippen molar-refractivity contribution < 1.29 is 19.1 Å². The molecule has 1 aromatic carbocycles. The molecule has 0 radical (unpaired) electrons. The maximum Gasteiger partial charge on any atom is 0.242 e. The molecule has 1 fully saturated rings. The van der Waals surface area contributed by atoms with Gasteiger partial charge in [0, 0.05) is 44.3 Å². The molecule has 9 heteroatoms. The summed E-state index contributed by atoms with van der Waals surface area (Å²) < 4.78 is 11.5. The first-order valence-corrected chi connectivity index (χ1v) is 11.6. The highest BCUT2D eigenvalue weighted by Gasteiger charge is 2.31. The molecule has 1 atom stereocenters. The van der Waals surface area contributed by atoms with Crippen LogP contribution in [0.5, 0.6) is 5.75 Å². The normalized spacial score (nSPS) is 16.1. The van der Waals surface area contributed by atoms with Gasteiger partial charge >= 0.3 is 0 Å². The Balaban J connectivity index is 1.46. The average Bonchev–Trinajstić information content (AvgIpc) is 3.06. The average molecular weight is 476 g/mol. The number of ether oxygens (including phenoxy) is 2. The molecule has 1 aliphatic rings. The number of hydrogen-bond acceptors (Lipinski definition) is 7. The molecule has 0 aliphatic carbocycles.